The Balaban J connectivity index is 1.27. The van der Waals surface area contributed by atoms with Crippen LogP contribution in [0.3, 0.4) is 0 Å². The number of carbonyl (C=O) groups excluding carboxylic acids is 1. The van der Waals surface area contributed by atoms with Gasteiger partial charge in [-0.25, -0.2) is 14.2 Å². The molecule has 194 valence electrons. The fraction of sp³-hybridized carbons (Fsp3) is 0.348. The number of nitrogens with two attached hydrogens (primary N) is 1. The molecule has 37 heavy (non-hydrogen) atoms. The predicted octanol–water partition coefficient (Wildman–Crippen LogP) is 2.16. The fourth-order valence-corrected chi connectivity index (χ4v) is 6.62. The van der Waals surface area contributed by atoms with Crippen molar-refractivity contribution in [2.75, 3.05) is 42.9 Å². The lowest BCUT2D eigenvalue weighted by Gasteiger charge is -2.37. The van der Waals surface area contributed by atoms with Gasteiger partial charge in [-0.15, -0.1) is 11.3 Å². The number of pyridine rings is 1. The summed E-state index contributed by atoms with van der Waals surface area (Å²) < 4.78 is 16.9. The Bertz CT molecular complexity index is 1500. The number of piperazine rings is 1. The highest BCUT2D eigenvalue weighted by atomic mass is 32.2. The van der Waals surface area contributed by atoms with Crippen LogP contribution in [-0.4, -0.2) is 70.0 Å². The Kier molecular flexibility index (Phi) is 6.64. The second kappa shape index (κ2) is 9.76. The molecule has 11 nitrogen and oxygen atoms in total. The lowest BCUT2D eigenvalue weighted by atomic mass is 10.1. The highest BCUT2D eigenvalue weighted by Gasteiger charge is 2.33. The number of amides is 1. The van der Waals surface area contributed by atoms with Gasteiger partial charge in [-0.3, -0.25) is 19.9 Å². The maximum atomic E-state index is 15.1. The van der Waals surface area contributed by atoms with Crippen molar-refractivity contribution in [3.05, 3.63) is 44.8 Å². The zero-order valence-corrected chi connectivity index (χ0v) is 21.4. The van der Waals surface area contributed by atoms with Gasteiger partial charge in [-0.2, -0.15) is 0 Å². The monoisotopic (exact) mass is 545 g/mol. The van der Waals surface area contributed by atoms with Gasteiger partial charge < -0.3 is 25.6 Å². The van der Waals surface area contributed by atoms with E-state index in [1.54, 1.807) is 16.8 Å². The lowest BCUT2D eigenvalue weighted by molar-refractivity contribution is -0.117. The number of anilines is 2. The van der Waals surface area contributed by atoms with Crippen molar-refractivity contribution in [3.63, 3.8) is 0 Å². The van der Waals surface area contributed by atoms with Crippen LogP contribution in [0.2, 0.25) is 0 Å². The molecular formula is C23H24FN7O4S2. The first kappa shape index (κ1) is 25.2. The van der Waals surface area contributed by atoms with Gasteiger partial charge in [0, 0.05) is 49.1 Å². The maximum absolute atomic E-state index is 15.1. The standard InChI is InChI=1S/C23H24FN7O4S2/c1-11-31-15-8-16(14(24)7-13(15)20(33)19(22(34)35)21(31)36-11)30-4-2-29(3-5-30)10-18(32)28-23-27-9-12(37-23)6-17(25)26/h7-9,11H,2-6,10H2,1H3,(H3,25,26)(H,34,35)(H,27,28,32). The predicted molar refractivity (Wildman–Crippen MR) is 141 cm³/mol. The Morgan fingerprint density at radius 3 is 2.68 bits per heavy atom. The molecule has 4 heterocycles. The van der Waals surface area contributed by atoms with Crippen LogP contribution in [0.15, 0.2) is 28.2 Å². The van der Waals surface area contributed by atoms with Crippen LogP contribution in [-0.2, 0) is 11.2 Å². The molecule has 3 aromatic rings. The number of thiazole rings is 1. The van der Waals surface area contributed by atoms with E-state index in [9.17, 15) is 19.5 Å². The number of nitrogens with one attached hydrogen (secondary N) is 2. The molecule has 2 aliphatic rings. The van der Waals surface area contributed by atoms with Gasteiger partial charge in [-0.05, 0) is 19.1 Å². The summed E-state index contributed by atoms with van der Waals surface area (Å²) >= 11 is 2.58. The van der Waals surface area contributed by atoms with Gasteiger partial charge in [0.2, 0.25) is 11.3 Å². The highest BCUT2D eigenvalue weighted by molar-refractivity contribution is 8.00. The SMILES string of the molecule is CC1Sc2c(C(=O)O)c(=O)c3cc(F)c(N4CCN(CC(=O)Nc5ncc(CC(=N)N)s5)CC4)cc3n21. The van der Waals surface area contributed by atoms with E-state index in [0.717, 1.165) is 10.9 Å². The van der Waals surface area contributed by atoms with Crippen LogP contribution in [0.1, 0.15) is 27.5 Å². The molecule has 1 fully saturated rings. The molecule has 1 aromatic carbocycles. The largest absolute Gasteiger partial charge is 0.477 e. The summed E-state index contributed by atoms with van der Waals surface area (Å²) in [5.41, 5.74) is 5.27. The first-order chi connectivity index (χ1) is 17.6. The molecule has 1 amide bonds. The average Bonchev–Trinajstić information content (AvgIpc) is 3.24. The molecular weight excluding hydrogens is 521 g/mol. The molecule has 0 spiro atoms. The molecule has 2 aliphatic heterocycles. The van der Waals surface area contributed by atoms with E-state index in [1.165, 1.54) is 23.1 Å². The van der Waals surface area contributed by atoms with E-state index in [4.69, 9.17) is 11.1 Å². The topological polar surface area (TPSA) is 158 Å². The van der Waals surface area contributed by atoms with Crippen LogP contribution in [0.4, 0.5) is 15.2 Å². The number of hydrogen-bond donors (Lipinski definition) is 4. The fourth-order valence-electron chi connectivity index (χ4n) is 4.61. The summed E-state index contributed by atoms with van der Waals surface area (Å²) in [6.07, 6.45) is 1.87. The van der Waals surface area contributed by atoms with Gasteiger partial charge >= 0.3 is 5.97 Å². The Morgan fingerprint density at radius 1 is 1.30 bits per heavy atom. The van der Waals surface area contributed by atoms with Crippen LogP contribution in [0.5, 0.6) is 0 Å². The molecule has 14 heteroatoms. The maximum Gasteiger partial charge on any atom is 0.342 e. The third kappa shape index (κ3) is 4.79. The molecule has 1 unspecified atom stereocenters. The first-order valence-electron chi connectivity index (χ1n) is 11.5. The number of carboxylic acids is 1. The Morgan fingerprint density at radius 2 is 2.03 bits per heavy atom. The number of halogens is 1. The van der Waals surface area contributed by atoms with Crippen LogP contribution < -0.4 is 21.4 Å². The zero-order valence-electron chi connectivity index (χ0n) is 19.8. The van der Waals surface area contributed by atoms with Crippen molar-refractivity contribution in [2.24, 2.45) is 5.73 Å². The minimum absolute atomic E-state index is 0.0292. The Labute approximate surface area is 218 Å². The molecule has 5 rings (SSSR count). The number of carboxylic acid groups (broad SMARTS) is 1. The normalized spacial score (nSPS) is 17.4. The van der Waals surface area contributed by atoms with E-state index >= 15 is 4.39 Å². The Hall–Kier alpha value is -3.49. The summed E-state index contributed by atoms with van der Waals surface area (Å²) in [5.74, 6) is -2.08. The van der Waals surface area contributed by atoms with E-state index in [-0.39, 0.29) is 41.0 Å². The van der Waals surface area contributed by atoms with Crippen LogP contribution in [0, 0.1) is 11.2 Å². The molecule has 1 atom stereocenters. The van der Waals surface area contributed by atoms with Gasteiger partial charge in [0.1, 0.15) is 11.4 Å². The van der Waals surface area contributed by atoms with Crippen molar-refractivity contribution in [2.45, 2.75) is 23.7 Å². The number of thioether (sulfide) groups is 1. The number of amidine groups is 1. The number of benzene rings is 1. The second-order valence-corrected chi connectivity index (χ2v) is 11.3. The summed E-state index contributed by atoms with van der Waals surface area (Å²) in [6, 6.07) is 2.76. The molecule has 2 aromatic heterocycles. The molecule has 5 N–H and O–H groups in total. The number of carbonyl (C=O) groups is 2. The third-order valence-electron chi connectivity index (χ3n) is 6.33. The van der Waals surface area contributed by atoms with Crippen LogP contribution >= 0.6 is 23.1 Å². The number of fused-ring (bicyclic) bond motifs is 3. The van der Waals surface area contributed by atoms with Crippen molar-refractivity contribution in [3.8, 4) is 0 Å². The number of rotatable bonds is 7. The first-order valence-corrected chi connectivity index (χ1v) is 13.2. The summed E-state index contributed by atoms with van der Waals surface area (Å²) in [5, 5.41) is 20.4. The third-order valence-corrected chi connectivity index (χ3v) is 8.42. The molecule has 0 aliphatic carbocycles. The number of nitrogens with zero attached hydrogens (tertiary/aromatic N) is 4. The van der Waals surface area contributed by atoms with E-state index < -0.39 is 17.2 Å². The zero-order chi connectivity index (χ0) is 26.4. The van der Waals surface area contributed by atoms with E-state index in [0.29, 0.717) is 47.5 Å². The molecule has 0 saturated carbocycles. The van der Waals surface area contributed by atoms with Crippen molar-refractivity contribution in [1.82, 2.24) is 14.5 Å². The van der Waals surface area contributed by atoms with Gasteiger partial charge in [0.25, 0.3) is 0 Å². The van der Waals surface area contributed by atoms with Crippen molar-refractivity contribution < 1.29 is 19.1 Å². The summed E-state index contributed by atoms with van der Waals surface area (Å²) in [4.78, 5) is 45.7. The molecule has 0 radical (unpaired) electrons. The van der Waals surface area contributed by atoms with Gasteiger partial charge in [-0.1, -0.05) is 11.8 Å². The van der Waals surface area contributed by atoms with E-state index in [1.807, 2.05) is 16.7 Å². The van der Waals surface area contributed by atoms with Crippen LogP contribution in [0.25, 0.3) is 10.9 Å². The van der Waals surface area contributed by atoms with Crippen molar-refractivity contribution in [1.29, 1.82) is 5.41 Å². The number of aromatic carboxylic acids is 1. The smallest absolute Gasteiger partial charge is 0.342 e. The van der Waals surface area contributed by atoms with Gasteiger partial charge in [0.15, 0.2) is 5.13 Å². The summed E-state index contributed by atoms with van der Waals surface area (Å²) in [6.45, 7) is 4.07. The van der Waals surface area contributed by atoms with E-state index in [2.05, 4.69) is 10.3 Å². The average molecular weight is 546 g/mol. The number of aromatic nitrogens is 2. The lowest BCUT2D eigenvalue weighted by Crippen LogP contribution is -2.49. The number of hydrogen-bond acceptors (Lipinski definition) is 9. The van der Waals surface area contributed by atoms with Crippen molar-refractivity contribution >= 4 is 62.5 Å². The molecule has 1 saturated heterocycles. The minimum atomic E-state index is -1.31. The minimum Gasteiger partial charge on any atom is -0.477 e. The quantitative estimate of drug-likeness (QED) is 0.258. The second-order valence-electron chi connectivity index (χ2n) is 8.87. The molecule has 0 bridgehead atoms. The highest BCUT2D eigenvalue weighted by Crippen LogP contribution is 2.46. The summed E-state index contributed by atoms with van der Waals surface area (Å²) in [7, 11) is 0. The van der Waals surface area contributed by atoms with Gasteiger partial charge in [0.05, 0.1) is 34.0 Å².